The number of hydrogen-bond donors (Lipinski definition) is 2. The average Bonchev–Trinajstić information content (AvgIpc) is 2.53. The molecule has 0 radical (unpaired) electrons. The van der Waals surface area contributed by atoms with Crippen molar-refractivity contribution >= 4 is 0 Å². The van der Waals surface area contributed by atoms with E-state index in [-0.39, 0.29) is 11.8 Å². The highest BCUT2D eigenvalue weighted by Gasteiger charge is 2.11. The van der Waals surface area contributed by atoms with E-state index in [1.807, 2.05) is 6.92 Å². The predicted molar refractivity (Wildman–Crippen MR) is 78.7 cm³/mol. The van der Waals surface area contributed by atoms with E-state index in [1.54, 1.807) is 36.7 Å². The van der Waals surface area contributed by atoms with E-state index in [0.717, 1.165) is 11.1 Å². The van der Waals surface area contributed by atoms with Crippen molar-refractivity contribution in [2.24, 2.45) is 0 Å². The maximum Gasteiger partial charge on any atom is 0.387 e. The number of aliphatic hydroxyl groups is 1. The number of ether oxygens (including phenoxy) is 1. The lowest BCUT2D eigenvalue weighted by molar-refractivity contribution is -0.0498. The molecule has 2 atom stereocenters. The summed E-state index contributed by atoms with van der Waals surface area (Å²) >= 11 is 0. The summed E-state index contributed by atoms with van der Waals surface area (Å²) in [6.45, 7) is -0.514. The molecule has 0 amide bonds. The van der Waals surface area contributed by atoms with Gasteiger partial charge < -0.3 is 15.2 Å². The first-order valence-electron chi connectivity index (χ1n) is 6.92. The molecule has 1 aromatic carbocycles. The van der Waals surface area contributed by atoms with Gasteiger partial charge in [0.05, 0.1) is 6.10 Å². The van der Waals surface area contributed by atoms with Gasteiger partial charge in [-0.15, -0.1) is 0 Å². The van der Waals surface area contributed by atoms with Crippen LogP contribution in [0.1, 0.15) is 30.2 Å². The first kappa shape index (κ1) is 16.3. The fraction of sp³-hybridized carbons (Fsp3) is 0.312. The van der Waals surface area contributed by atoms with Gasteiger partial charge in [-0.25, -0.2) is 0 Å². The Labute approximate surface area is 127 Å². The fourth-order valence-corrected chi connectivity index (χ4v) is 2.05. The second-order valence-electron chi connectivity index (χ2n) is 4.87. The van der Waals surface area contributed by atoms with Crippen molar-refractivity contribution in [3.05, 3.63) is 59.9 Å². The minimum Gasteiger partial charge on any atom is -0.435 e. The lowest BCUT2D eigenvalue weighted by Crippen LogP contribution is -2.24. The maximum atomic E-state index is 12.1. The molecule has 2 unspecified atom stereocenters. The van der Waals surface area contributed by atoms with E-state index >= 15 is 0 Å². The van der Waals surface area contributed by atoms with Crippen molar-refractivity contribution < 1.29 is 18.6 Å². The summed E-state index contributed by atoms with van der Waals surface area (Å²) in [5.74, 6) is 0.128. The number of nitrogens with one attached hydrogen (secondary N) is 1. The van der Waals surface area contributed by atoms with Crippen molar-refractivity contribution in [1.82, 2.24) is 10.3 Å². The summed E-state index contributed by atoms with van der Waals surface area (Å²) in [4.78, 5) is 3.90. The van der Waals surface area contributed by atoms with Gasteiger partial charge in [0.2, 0.25) is 0 Å². The van der Waals surface area contributed by atoms with Crippen LogP contribution in [-0.2, 0) is 0 Å². The molecule has 2 aromatic rings. The van der Waals surface area contributed by atoms with Crippen LogP contribution in [0.5, 0.6) is 5.75 Å². The molecule has 4 nitrogen and oxygen atoms in total. The van der Waals surface area contributed by atoms with E-state index in [2.05, 4.69) is 15.0 Å². The van der Waals surface area contributed by atoms with Crippen molar-refractivity contribution in [2.75, 3.05) is 6.54 Å². The molecular formula is C16H18F2N2O2. The van der Waals surface area contributed by atoms with Crippen LogP contribution in [0.2, 0.25) is 0 Å². The number of aromatic nitrogens is 1. The molecule has 118 valence electrons. The standard InChI is InChI=1S/C16H18F2N2O2/c1-11(12-2-4-14(5-3-12)22-16(17)18)20-10-15(21)13-6-8-19-9-7-13/h2-9,11,15-16,20-21H,10H2,1H3. The van der Waals surface area contributed by atoms with E-state index in [1.165, 1.54) is 12.1 Å². The number of hydrogen-bond acceptors (Lipinski definition) is 4. The van der Waals surface area contributed by atoms with Crippen LogP contribution in [0.4, 0.5) is 8.78 Å². The molecule has 22 heavy (non-hydrogen) atoms. The quantitative estimate of drug-likeness (QED) is 0.825. The van der Waals surface area contributed by atoms with Crippen LogP contribution in [0.15, 0.2) is 48.8 Å². The molecular weight excluding hydrogens is 290 g/mol. The molecule has 0 aliphatic heterocycles. The van der Waals surface area contributed by atoms with Gasteiger partial charge in [0.1, 0.15) is 5.75 Å². The van der Waals surface area contributed by atoms with E-state index in [4.69, 9.17) is 0 Å². The second-order valence-corrected chi connectivity index (χ2v) is 4.87. The summed E-state index contributed by atoms with van der Waals surface area (Å²) in [5.41, 5.74) is 1.71. The highest BCUT2D eigenvalue weighted by atomic mass is 19.3. The van der Waals surface area contributed by atoms with Gasteiger partial charge in [0, 0.05) is 25.0 Å². The zero-order valence-corrected chi connectivity index (χ0v) is 12.1. The summed E-state index contributed by atoms with van der Waals surface area (Å²) in [7, 11) is 0. The molecule has 0 saturated carbocycles. The molecule has 0 bridgehead atoms. The maximum absolute atomic E-state index is 12.1. The van der Waals surface area contributed by atoms with Crippen molar-refractivity contribution in [2.45, 2.75) is 25.7 Å². The average molecular weight is 308 g/mol. The highest BCUT2D eigenvalue weighted by molar-refractivity contribution is 5.29. The van der Waals surface area contributed by atoms with Crippen LogP contribution < -0.4 is 10.1 Å². The second kappa shape index (κ2) is 7.82. The molecule has 0 aliphatic rings. The number of alkyl halides is 2. The minimum absolute atomic E-state index is 0.0305. The zero-order chi connectivity index (χ0) is 15.9. The highest BCUT2D eigenvalue weighted by Crippen LogP contribution is 2.20. The molecule has 1 heterocycles. The van der Waals surface area contributed by atoms with E-state index < -0.39 is 12.7 Å². The van der Waals surface area contributed by atoms with Gasteiger partial charge in [-0.3, -0.25) is 4.98 Å². The van der Waals surface area contributed by atoms with E-state index in [0.29, 0.717) is 6.54 Å². The number of nitrogens with zero attached hydrogens (tertiary/aromatic N) is 1. The Hall–Kier alpha value is -2.05. The SMILES string of the molecule is CC(NCC(O)c1ccncc1)c1ccc(OC(F)F)cc1. The largest absolute Gasteiger partial charge is 0.435 e. The Kier molecular flexibility index (Phi) is 5.80. The van der Waals surface area contributed by atoms with Crippen LogP contribution in [0, 0.1) is 0 Å². The van der Waals surface area contributed by atoms with Crippen LogP contribution in [-0.4, -0.2) is 23.2 Å². The number of benzene rings is 1. The van der Waals surface area contributed by atoms with Gasteiger partial charge in [-0.05, 0) is 42.3 Å². The Morgan fingerprint density at radius 1 is 1.09 bits per heavy atom. The summed E-state index contributed by atoms with van der Waals surface area (Å²) in [6, 6.07) is 9.92. The lowest BCUT2D eigenvalue weighted by Gasteiger charge is -2.18. The molecule has 0 fully saturated rings. The third-order valence-electron chi connectivity index (χ3n) is 3.31. The van der Waals surface area contributed by atoms with Gasteiger partial charge >= 0.3 is 6.61 Å². The number of halogens is 2. The molecule has 1 aromatic heterocycles. The summed E-state index contributed by atoms with van der Waals surface area (Å²) in [5, 5.41) is 13.3. The van der Waals surface area contributed by atoms with E-state index in [9.17, 15) is 13.9 Å². The van der Waals surface area contributed by atoms with Gasteiger partial charge in [0.25, 0.3) is 0 Å². The summed E-state index contributed by atoms with van der Waals surface area (Å²) in [6.07, 6.45) is 2.62. The monoisotopic (exact) mass is 308 g/mol. The summed E-state index contributed by atoms with van der Waals surface area (Å²) < 4.78 is 28.5. The van der Waals surface area contributed by atoms with Crippen molar-refractivity contribution in [3.63, 3.8) is 0 Å². The Morgan fingerprint density at radius 2 is 1.73 bits per heavy atom. The van der Waals surface area contributed by atoms with Crippen molar-refractivity contribution in [3.8, 4) is 5.75 Å². The zero-order valence-electron chi connectivity index (χ0n) is 12.1. The predicted octanol–water partition coefficient (Wildman–Crippen LogP) is 3.07. The Morgan fingerprint density at radius 3 is 2.32 bits per heavy atom. The number of rotatable bonds is 7. The first-order chi connectivity index (χ1) is 10.6. The van der Waals surface area contributed by atoms with Crippen LogP contribution >= 0.6 is 0 Å². The van der Waals surface area contributed by atoms with Crippen LogP contribution in [0.25, 0.3) is 0 Å². The molecule has 0 saturated heterocycles. The molecule has 0 spiro atoms. The third-order valence-corrected chi connectivity index (χ3v) is 3.31. The van der Waals surface area contributed by atoms with Crippen LogP contribution in [0.3, 0.4) is 0 Å². The fourth-order valence-electron chi connectivity index (χ4n) is 2.05. The Balaban J connectivity index is 1.88. The molecule has 2 N–H and O–H groups in total. The van der Waals surface area contributed by atoms with Gasteiger partial charge in [0.15, 0.2) is 0 Å². The normalized spacial score (nSPS) is 13.9. The first-order valence-corrected chi connectivity index (χ1v) is 6.92. The molecule has 6 heteroatoms. The number of aliphatic hydroxyl groups excluding tert-OH is 1. The molecule has 0 aliphatic carbocycles. The molecule has 2 rings (SSSR count). The third kappa shape index (κ3) is 4.75. The van der Waals surface area contributed by atoms with Gasteiger partial charge in [-0.1, -0.05) is 12.1 Å². The lowest BCUT2D eigenvalue weighted by atomic mass is 10.1. The topological polar surface area (TPSA) is 54.4 Å². The van der Waals surface area contributed by atoms with Gasteiger partial charge in [-0.2, -0.15) is 8.78 Å². The number of pyridine rings is 1. The minimum atomic E-state index is -2.82. The smallest absolute Gasteiger partial charge is 0.387 e. The van der Waals surface area contributed by atoms with Crippen molar-refractivity contribution in [1.29, 1.82) is 0 Å². The Bertz CT molecular complexity index is 564.